The summed E-state index contributed by atoms with van der Waals surface area (Å²) < 4.78 is 16.0. The van der Waals surface area contributed by atoms with Gasteiger partial charge in [0, 0.05) is 30.1 Å². The van der Waals surface area contributed by atoms with Crippen LogP contribution in [0.1, 0.15) is 32.8 Å². The van der Waals surface area contributed by atoms with E-state index in [0.29, 0.717) is 31.1 Å². The van der Waals surface area contributed by atoms with Crippen molar-refractivity contribution >= 4 is 5.97 Å². The third-order valence-electron chi connectivity index (χ3n) is 3.24. The maximum Gasteiger partial charge on any atom is 0.347 e. The number of methoxy groups -OCH3 is 1. The van der Waals surface area contributed by atoms with E-state index in [1.54, 1.807) is 7.11 Å². The second-order valence-corrected chi connectivity index (χ2v) is 6.14. The molecule has 0 spiro atoms. The molecular formula is C16H23NO4. The molecule has 1 heterocycles. The Kier molecular flexibility index (Phi) is 4.73. The van der Waals surface area contributed by atoms with E-state index in [2.05, 4.69) is 26.1 Å². The zero-order valence-corrected chi connectivity index (χ0v) is 13.1. The summed E-state index contributed by atoms with van der Waals surface area (Å²) in [6.45, 7) is 7.38. The molecule has 21 heavy (non-hydrogen) atoms. The first kappa shape index (κ1) is 15.6. The van der Waals surface area contributed by atoms with Gasteiger partial charge >= 0.3 is 5.97 Å². The van der Waals surface area contributed by atoms with Crippen molar-refractivity contribution < 1.29 is 19.0 Å². The normalized spacial score (nSPS) is 18.5. The van der Waals surface area contributed by atoms with Gasteiger partial charge in [-0.05, 0) is 26.8 Å². The van der Waals surface area contributed by atoms with Crippen molar-refractivity contribution in [3.8, 4) is 11.5 Å². The van der Waals surface area contributed by atoms with Crippen LogP contribution in [0.2, 0.25) is 0 Å². The van der Waals surface area contributed by atoms with Crippen LogP contribution < -0.4 is 14.8 Å². The van der Waals surface area contributed by atoms with Crippen LogP contribution in [0.25, 0.3) is 0 Å². The van der Waals surface area contributed by atoms with Crippen molar-refractivity contribution in [3.05, 3.63) is 23.8 Å². The van der Waals surface area contributed by atoms with Crippen LogP contribution in [0.3, 0.4) is 0 Å². The predicted molar refractivity (Wildman–Crippen MR) is 79.6 cm³/mol. The Hall–Kier alpha value is -1.75. The molecule has 0 radical (unpaired) electrons. The molecule has 2 rings (SSSR count). The second kappa shape index (κ2) is 6.35. The number of hydrogen-bond acceptors (Lipinski definition) is 5. The molecule has 1 aliphatic rings. The summed E-state index contributed by atoms with van der Waals surface area (Å²) in [5.41, 5.74) is 0.995. The highest BCUT2D eigenvalue weighted by Crippen LogP contribution is 2.28. The molecular weight excluding hydrogens is 270 g/mol. The Labute approximate surface area is 125 Å². The number of benzene rings is 1. The van der Waals surface area contributed by atoms with Gasteiger partial charge in [-0.15, -0.1) is 0 Å². The summed E-state index contributed by atoms with van der Waals surface area (Å²) in [5.74, 6) is 1.07. The van der Waals surface area contributed by atoms with Crippen LogP contribution in [-0.2, 0) is 16.1 Å². The quantitative estimate of drug-likeness (QED) is 0.844. The van der Waals surface area contributed by atoms with Crippen molar-refractivity contribution in [2.45, 2.75) is 45.4 Å². The minimum atomic E-state index is -0.523. The summed E-state index contributed by atoms with van der Waals surface area (Å²) in [4.78, 5) is 11.6. The number of nitrogens with one attached hydrogen (secondary N) is 1. The highest BCUT2D eigenvalue weighted by atomic mass is 16.6. The topological polar surface area (TPSA) is 56.8 Å². The second-order valence-electron chi connectivity index (χ2n) is 6.14. The van der Waals surface area contributed by atoms with Crippen LogP contribution in [0.4, 0.5) is 0 Å². The van der Waals surface area contributed by atoms with Crippen molar-refractivity contribution in [1.82, 2.24) is 5.32 Å². The SMILES string of the molecule is COc1ccc(CNC(C)(C)C)c(OC2CCOC2=O)c1. The molecule has 1 saturated heterocycles. The van der Waals surface area contributed by atoms with Crippen LogP contribution in [-0.4, -0.2) is 31.3 Å². The molecule has 1 atom stereocenters. The number of carbonyl (C=O) groups is 1. The Balaban J connectivity index is 2.16. The van der Waals surface area contributed by atoms with Crippen molar-refractivity contribution in [2.75, 3.05) is 13.7 Å². The van der Waals surface area contributed by atoms with E-state index in [9.17, 15) is 4.79 Å². The molecule has 0 aromatic heterocycles. The lowest BCUT2D eigenvalue weighted by atomic mass is 10.1. The summed E-state index contributed by atoms with van der Waals surface area (Å²) in [5, 5.41) is 3.42. The Bertz CT molecular complexity index is 507. The number of rotatable bonds is 5. The van der Waals surface area contributed by atoms with E-state index in [-0.39, 0.29) is 11.5 Å². The molecule has 0 bridgehead atoms. The van der Waals surface area contributed by atoms with Gasteiger partial charge in [0.15, 0.2) is 6.10 Å². The molecule has 5 nitrogen and oxygen atoms in total. The third-order valence-corrected chi connectivity index (χ3v) is 3.24. The van der Waals surface area contributed by atoms with Crippen LogP contribution in [0, 0.1) is 0 Å². The van der Waals surface area contributed by atoms with E-state index in [1.165, 1.54) is 0 Å². The first-order chi connectivity index (χ1) is 9.89. The van der Waals surface area contributed by atoms with E-state index < -0.39 is 6.10 Å². The van der Waals surface area contributed by atoms with Gasteiger partial charge in [0.2, 0.25) is 0 Å². The fraction of sp³-hybridized carbons (Fsp3) is 0.562. The average Bonchev–Trinajstić information content (AvgIpc) is 2.82. The largest absolute Gasteiger partial charge is 0.497 e. The number of esters is 1. The molecule has 1 aliphatic heterocycles. The summed E-state index contributed by atoms with van der Waals surface area (Å²) >= 11 is 0. The number of carbonyl (C=O) groups excluding carboxylic acids is 1. The van der Waals surface area contributed by atoms with Gasteiger partial charge in [0.05, 0.1) is 13.7 Å². The van der Waals surface area contributed by atoms with Crippen LogP contribution in [0.5, 0.6) is 11.5 Å². The molecule has 1 unspecified atom stereocenters. The summed E-state index contributed by atoms with van der Waals surface area (Å²) in [6, 6.07) is 5.65. The van der Waals surface area contributed by atoms with Gasteiger partial charge in [0.25, 0.3) is 0 Å². The van der Waals surface area contributed by atoms with Gasteiger partial charge < -0.3 is 19.5 Å². The molecule has 1 N–H and O–H groups in total. The first-order valence-corrected chi connectivity index (χ1v) is 7.14. The van der Waals surface area contributed by atoms with Gasteiger partial charge in [-0.2, -0.15) is 0 Å². The fourth-order valence-electron chi connectivity index (χ4n) is 2.02. The zero-order chi connectivity index (χ0) is 15.5. The van der Waals surface area contributed by atoms with Crippen molar-refractivity contribution in [1.29, 1.82) is 0 Å². The van der Waals surface area contributed by atoms with Crippen LogP contribution in [0.15, 0.2) is 18.2 Å². The highest BCUT2D eigenvalue weighted by Gasteiger charge is 2.29. The van der Waals surface area contributed by atoms with Crippen molar-refractivity contribution in [3.63, 3.8) is 0 Å². The lowest BCUT2D eigenvalue weighted by Crippen LogP contribution is -2.35. The summed E-state index contributed by atoms with van der Waals surface area (Å²) in [6.07, 6.45) is 0.0628. The number of cyclic esters (lactones) is 1. The third kappa shape index (κ3) is 4.36. The highest BCUT2D eigenvalue weighted by molar-refractivity contribution is 5.76. The lowest BCUT2D eigenvalue weighted by molar-refractivity contribution is -0.143. The monoisotopic (exact) mass is 293 g/mol. The Morgan fingerprint density at radius 2 is 2.14 bits per heavy atom. The maximum atomic E-state index is 11.6. The molecule has 0 saturated carbocycles. The van der Waals surface area contributed by atoms with Gasteiger partial charge in [-0.3, -0.25) is 0 Å². The fourth-order valence-corrected chi connectivity index (χ4v) is 2.02. The van der Waals surface area contributed by atoms with Gasteiger partial charge in [-0.25, -0.2) is 4.79 Å². The summed E-state index contributed by atoms with van der Waals surface area (Å²) in [7, 11) is 1.61. The smallest absolute Gasteiger partial charge is 0.347 e. The molecule has 1 aromatic rings. The van der Waals surface area contributed by atoms with Gasteiger partial charge in [-0.1, -0.05) is 6.07 Å². The van der Waals surface area contributed by atoms with Crippen LogP contribution >= 0.6 is 0 Å². The molecule has 0 aliphatic carbocycles. The minimum Gasteiger partial charge on any atom is -0.497 e. The number of hydrogen-bond donors (Lipinski definition) is 1. The molecule has 1 fully saturated rings. The Morgan fingerprint density at radius 3 is 2.71 bits per heavy atom. The average molecular weight is 293 g/mol. The lowest BCUT2D eigenvalue weighted by Gasteiger charge is -2.22. The molecule has 116 valence electrons. The zero-order valence-electron chi connectivity index (χ0n) is 13.1. The van der Waals surface area contributed by atoms with E-state index in [4.69, 9.17) is 14.2 Å². The predicted octanol–water partition coefficient (Wildman–Crippen LogP) is 2.28. The van der Waals surface area contributed by atoms with E-state index in [1.807, 2.05) is 18.2 Å². The molecule has 1 aromatic carbocycles. The maximum absolute atomic E-state index is 11.6. The molecule has 0 amide bonds. The van der Waals surface area contributed by atoms with Gasteiger partial charge in [0.1, 0.15) is 11.5 Å². The first-order valence-electron chi connectivity index (χ1n) is 7.14. The van der Waals surface area contributed by atoms with E-state index >= 15 is 0 Å². The van der Waals surface area contributed by atoms with E-state index in [0.717, 1.165) is 5.56 Å². The number of ether oxygens (including phenoxy) is 3. The van der Waals surface area contributed by atoms with Crippen molar-refractivity contribution in [2.24, 2.45) is 0 Å². The Morgan fingerprint density at radius 1 is 1.38 bits per heavy atom. The minimum absolute atomic E-state index is 0.00346. The standard InChI is InChI=1S/C16H23NO4/c1-16(2,3)17-10-11-5-6-12(19-4)9-14(11)21-13-7-8-20-15(13)18/h5-6,9,13,17H,7-8,10H2,1-4H3. The molecule has 5 heteroatoms.